The van der Waals surface area contributed by atoms with E-state index in [1.54, 1.807) is 0 Å². The number of nitrogens with one attached hydrogen (secondary N) is 1. The summed E-state index contributed by atoms with van der Waals surface area (Å²) < 4.78 is 40.2. The third-order valence-corrected chi connectivity index (χ3v) is 3.69. The van der Waals surface area contributed by atoms with Crippen molar-refractivity contribution < 1.29 is 18.1 Å². The highest BCUT2D eigenvalue weighted by molar-refractivity contribution is 6.32. The second kappa shape index (κ2) is 7.45. The van der Waals surface area contributed by atoms with Crippen molar-refractivity contribution in [3.63, 3.8) is 0 Å². The van der Waals surface area contributed by atoms with Gasteiger partial charge in [0.05, 0.1) is 23.2 Å². The molecule has 7 nitrogen and oxygen atoms in total. The molecule has 11 heteroatoms. The van der Waals surface area contributed by atoms with E-state index in [4.69, 9.17) is 18.0 Å². The highest BCUT2D eigenvalue weighted by Crippen LogP contribution is 2.34. The summed E-state index contributed by atoms with van der Waals surface area (Å²) >= 11 is 5.80. The molecule has 0 atom stereocenters. The molecule has 0 radical (unpaired) electrons. The number of nitro groups is 1. The number of aromatic nitrogens is 2. The van der Waals surface area contributed by atoms with Gasteiger partial charge < -0.3 is 5.32 Å². The lowest BCUT2D eigenvalue weighted by atomic mass is 10.1. The van der Waals surface area contributed by atoms with E-state index in [9.17, 15) is 28.1 Å². The Balaban J connectivity index is 2.75. The number of nitro benzene ring substituents is 1. The van der Waals surface area contributed by atoms with Crippen molar-refractivity contribution in [3.05, 3.63) is 49.3 Å². The fourth-order valence-electron chi connectivity index (χ4n) is 2.21. The maximum atomic E-state index is 14.4. The Labute approximate surface area is 149 Å². The molecule has 136 valence electrons. The van der Waals surface area contributed by atoms with Crippen LogP contribution in [0.1, 0.15) is 12.4 Å². The van der Waals surface area contributed by atoms with Crippen LogP contribution in [0.15, 0.2) is 16.9 Å². The van der Waals surface area contributed by atoms with Gasteiger partial charge in [-0.25, -0.2) is 13.9 Å². The van der Waals surface area contributed by atoms with Gasteiger partial charge in [0.15, 0.2) is 0 Å². The third-order valence-electron chi connectivity index (χ3n) is 3.35. The van der Waals surface area contributed by atoms with Crippen LogP contribution in [-0.2, 0) is 0 Å². The highest BCUT2D eigenvalue weighted by Gasteiger charge is 2.24. The van der Waals surface area contributed by atoms with Crippen LogP contribution in [0.5, 0.6) is 0 Å². The Bertz CT molecular complexity index is 986. The van der Waals surface area contributed by atoms with Gasteiger partial charge in [-0.3, -0.25) is 14.9 Å². The van der Waals surface area contributed by atoms with Crippen LogP contribution in [0.4, 0.5) is 24.5 Å². The summed E-state index contributed by atoms with van der Waals surface area (Å²) in [5.74, 6) is 0.692. The van der Waals surface area contributed by atoms with Crippen LogP contribution in [-0.4, -0.2) is 21.0 Å². The van der Waals surface area contributed by atoms with Crippen molar-refractivity contribution in [3.8, 4) is 23.6 Å². The average Bonchev–Trinajstić information content (AvgIpc) is 2.56. The van der Waals surface area contributed by atoms with Crippen molar-refractivity contribution in [2.24, 2.45) is 0 Å². The SMILES string of the molecule is C#CCNc1cc(-c2nc(C)n(C(F)F)c(=O)c2Cl)c(F)cc1[N+](=O)[O-]. The number of alkyl halides is 2. The number of halogens is 4. The molecule has 1 heterocycles. The summed E-state index contributed by atoms with van der Waals surface area (Å²) in [6.45, 7) is -2.16. The van der Waals surface area contributed by atoms with Crippen LogP contribution in [0.3, 0.4) is 0 Å². The minimum Gasteiger partial charge on any atom is -0.369 e. The first-order chi connectivity index (χ1) is 12.2. The van der Waals surface area contributed by atoms with E-state index in [1.807, 2.05) is 0 Å². The van der Waals surface area contributed by atoms with Gasteiger partial charge in [0.25, 0.3) is 11.2 Å². The summed E-state index contributed by atoms with van der Waals surface area (Å²) in [6.07, 6.45) is 5.09. The van der Waals surface area contributed by atoms with E-state index in [1.165, 1.54) is 0 Å². The normalized spacial score (nSPS) is 10.7. The lowest BCUT2D eigenvalue weighted by Crippen LogP contribution is -2.25. The number of hydrogen-bond donors (Lipinski definition) is 1. The molecule has 2 aromatic rings. The second-order valence-electron chi connectivity index (χ2n) is 4.94. The molecule has 1 N–H and O–H groups in total. The van der Waals surface area contributed by atoms with Gasteiger partial charge in [0.2, 0.25) is 0 Å². The van der Waals surface area contributed by atoms with Gasteiger partial charge >= 0.3 is 6.55 Å². The molecule has 0 aliphatic carbocycles. The molecule has 0 saturated heterocycles. The Morgan fingerprint density at radius 3 is 2.69 bits per heavy atom. The summed E-state index contributed by atoms with van der Waals surface area (Å²) in [4.78, 5) is 26.0. The number of nitrogens with zero attached hydrogens (tertiary/aromatic N) is 3. The molecular weight excluding hydrogens is 377 g/mol. The first-order valence-electron chi connectivity index (χ1n) is 6.91. The molecule has 0 fully saturated rings. The third kappa shape index (κ3) is 3.48. The van der Waals surface area contributed by atoms with Crippen LogP contribution < -0.4 is 10.9 Å². The van der Waals surface area contributed by atoms with Gasteiger partial charge in [0, 0.05) is 5.56 Å². The van der Waals surface area contributed by atoms with Crippen molar-refractivity contribution in [2.45, 2.75) is 13.5 Å². The number of rotatable bonds is 5. The second-order valence-corrected chi connectivity index (χ2v) is 5.32. The molecule has 2 rings (SSSR count). The molecule has 0 unspecified atom stereocenters. The first kappa shape index (κ1) is 19.3. The van der Waals surface area contributed by atoms with E-state index >= 15 is 0 Å². The highest BCUT2D eigenvalue weighted by atomic mass is 35.5. The van der Waals surface area contributed by atoms with E-state index in [-0.39, 0.29) is 22.4 Å². The molecule has 1 aromatic carbocycles. The Hall–Kier alpha value is -3.06. The zero-order chi connectivity index (χ0) is 19.6. The topological polar surface area (TPSA) is 90.1 Å². The maximum Gasteiger partial charge on any atom is 0.322 e. The summed E-state index contributed by atoms with van der Waals surface area (Å²) in [6, 6.07) is 1.59. The number of hydrogen-bond acceptors (Lipinski definition) is 5. The minimum absolute atomic E-state index is 0.0482. The monoisotopic (exact) mass is 386 g/mol. The Morgan fingerprint density at radius 1 is 1.50 bits per heavy atom. The average molecular weight is 387 g/mol. The molecule has 0 spiro atoms. The zero-order valence-electron chi connectivity index (χ0n) is 13.1. The molecule has 0 aliphatic heterocycles. The number of terminal acetylenes is 1. The fourth-order valence-corrected chi connectivity index (χ4v) is 2.45. The first-order valence-corrected chi connectivity index (χ1v) is 7.29. The standard InChI is InChI=1S/C15H10ClF3N4O3/c1-3-4-20-10-5-8(9(17)6-11(10)23(25)26)13-12(16)14(24)22(15(18)19)7(2)21-13/h1,5-6,15,20H,4H2,2H3. The smallest absolute Gasteiger partial charge is 0.322 e. The van der Waals surface area contributed by atoms with Gasteiger partial charge in [-0.15, -0.1) is 6.42 Å². The molecule has 0 amide bonds. The summed E-state index contributed by atoms with van der Waals surface area (Å²) in [7, 11) is 0. The van der Waals surface area contributed by atoms with Crippen LogP contribution in [0.2, 0.25) is 5.02 Å². The summed E-state index contributed by atoms with van der Waals surface area (Å²) in [5, 5.41) is 12.8. The van der Waals surface area contributed by atoms with Crippen LogP contribution in [0.25, 0.3) is 11.3 Å². The van der Waals surface area contributed by atoms with Gasteiger partial charge in [-0.1, -0.05) is 17.5 Å². The molecule has 0 saturated carbocycles. The Kier molecular flexibility index (Phi) is 5.52. The maximum absolute atomic E-state index is 14.4. The largest absolute Gasteiger partial charge is 0.369 e. The molecule has 0 bridgehead atoms. The van der Waals surface area contributed by atoms with E-state index in [0.29, 0.717) is 6.07 Å². The van der Waals surface area contributed by atoms with Gasteiger partial charge in [0.1, 0.15) is 22.4 Å². The fraction of sp³-hybridized carbons (Fsp3) is 0.200. The van der Waals surface area contributed by atoms with Crippen LogP contribution in [0, 0.1) is 35.2 Å². The predicted molar refractivity (Wildman–Crippen MR) is 88.9 cm³/mol. The van der Waals surface area contributed by atoms with Gasteiger partial charge in [-0.05, 0) is 13.0 Å². The van der Waals surface area contributed by atoms with Crippen molar-refractivity contribution in [2.75, 3.05) is 11.9 Å². The number of benzene rings is 1. The molecule has 0 aliphatic rings. The van der Waals surface area contributed by atoms with Crippen molar-refractivity contribution >= 4 is 23.0 Å². The van der Waals surface area contributed by atoms with Crippen molar-refractivity contribution in [1.82, 2.24) is 9.55 Å². The number of anilines is 1. The molecule has 1 aromatic heterocycles. The quantitative estimate of drug-likeness (QED) is 0.483. The zero-order valence-corrected chi connectivity index (χ0v) is 13.9. The minimum atomic E-state index is -3.18. The van der Waals surface area contributed by atoms with Gasteiger partial charge in [-0.2, -0.15) is 8.78 Å². The van der Waals surface area contributed by atoms with E-state index in [0.717, 1.165) is 13.0 Å². The Morgan fingerprint density at radius 2 is 2.15 bits per heavy atom. The predicted octanol–water partition coefficient (Wildman–Crippen LogP) is 3.36. The molecule has 26 heavy (non-hydrogen) atoms. The summed E-state index contributed by atoms with van der Waals surface area (Å²) in [5.41, 5.74) is -2.79. The van der Waals surface area contributed by atoms with Crippen LogP contribution >= 0.6 is 11.6 Å². The number of aryl methyl sites for hydroxylation is 1. The lowest BCUT2D eigenvalue weighted by molar-refractivity contribution is -0.384. The van der Waals surface area contributed by atoms with Crippen molar-refractivity contribution in [1.29, 1.82) is 0 Å². The lowest BCUT2D eigenvalue weighted by Gasteiger charge is -2.13. The van der Waals surface area contributed by atoms with E-state index in [2.05, 4.69) is 16.2 Å². The van der Waals surface area contributed by atoms with E-state index < -0.39 is 45.1 Å². The molecular formula is C15H10ClF3N4O3.